The third kappa shape index (κ3) is 4.58. The van der Waals surface area contributed by atoms with Crippen molar-refractivity contribution in [1.82, 2.24) is 14.3 Å². The van der Waals surface area contributed by atoms with Gasteiger partial charge in [0, 0.05) is 25.5 Å². The first-order chi connectivity index (χ1) is 8.31. The van der Waals surface area contributed by atoms with E-state index in [1.165, 1.54) is 18.4 Å². The third-order valence-electron chi connectivity index (χ3n) is 2.30. The van der Waals surface area contributed by atoms with Crippen LogP contribution in [0.4, 0.5) is 0 Å². The lowest BCUT2D eigenvalue weighted by molar-refractivity contribution is 0.290. The van der Waals surface area contributed by atoms with Crippen molar-refractivity contribution in [2.24, 2.45) is 0 Å². The summed E-state index contributed by atoms with van der Waals surface area (Å²) in [5.41, 5.74) is 1.66. The minimum absolute atomic E-state index is 0.0603. The van der Waals surface area contributed by atoms with Crippen molar-refractivity contribution in [1.29, 1.82) is 0 Å². The van der Waals surface area contributed by atoms with E-state index in [0.717, 1.165) is 11.4 Å². The van der Waals surface area contributed by atoms with Gasteiger partial charge < -0.3 is 4.74 Å². The van der Waals surface area contributed by atoms with Crippen LogP contribution < -0.4 is 4.74 Å². The third-order valence-corrected chi connectivity index (χ3v) is 4.21. The molecule has 1 rings (SSSR count). The first-order valence-electron chi connectivity index (χ1n) is 5.66. The van der Waals surface area contributed by atoms with Crippen molar-refractivity contribution in [3.8, 4) is 6.01 Å². The minimum Gasteiger partial charge on any atom is -0.463 e. The van der Waals surface area contributed by atoms with E-state index >= 15 is 0 Å². The Labute approximate surface area is 108 Å². The van der Waals surface area contributed by atoms with Gasteiger partial charge >= 0.3 is 6.01 Å². The number of aromatic nitrogens is 2. The van der Waals surface area contributed by atoms with Gasteiger partial charge in [-0.05, 0) is 26.3 Å². The van der Waals surface area contributed by atoms with Gasteiger partial charge in [-0.1, -0.05) is 0 Å². The molecule has 1 aromatic rings. The molecule has 0 atom stereocenters. The number of rotatable bonds is 6. The van der Waals surface area contributed by atoms with Crippen molar-refractivity contribution in [3.05, 3.63) is 17.5 Å². The van der Waals surface area contributed by atoms with Crippen molar-refractivity contribution in [3.63, 3.8) is 0 Å². The molecule has 6 nitrogen and oxygen atoms in total. The highest BCUT2D eigenvalue weighted by molar-refractivity contribution is 7.89. The Hall–Kier alpha value is -1.21. The monoisotopic (exact) mass is 273 g/mol. The molecule has 18 heavy (non-hydrogen) atoms. The maximum absolute atomic E-state index is 11.5. The summed E-state index contributed by atoms with van der Waals surface area (Å²) in [6.45, 7) is 4.01. The Balaban J connectivity index is 2.43. The smallest absolute Gasteiger partial charge is 0.316 e. The molecule has 0 radical (unpaired) electrons. The number of aryl methyl sites for hydroxylation is 2. The van der Waals surface area contributed by atoms with E-state index in [4.69, 9.17) is 4.74 Å². The molecule has 0 aliphatic rings. The fourth-order valence-electron chi connectivity index (χ4n) is 1.35. The van der Waals surface area contributed by atoms with Crippen LogP contribution in [0, 0.1) is 13.8 Å². The number of hydrogen-bond donors (Lipinski definition) is 0. The van der Waals surface area contributed by atoms with Gasteiger partial charge in [-0.15, -0.1) is 0 Å². The largest absolute Gasteiger partial charge is 0.463 e. The SMILES string of the molecule is Cc1cc(C)nc(OCCCS(=O)(=O)N(C)C)n1. The molecule has 0 spiro atoms. The number of ether oxygens (including phenoxy) is 1. The molecule has 102 valence electrons. The van der Waals surface area contributed by atoms with Crippen LogP contribution in [0.2, 0.25) is 0 Å². The maximum atomic E-state index is 11.5. The molecule has 7 heteroatoms. The molecular formula is C11H19N3O3S. The predicted octanol–water partition coefficient (Wildman–Crippen LogP) is 0.754. The predicted molar refractivity (Wildman–Crippen MR) is 69.1 cm³/mol. The van der Waals surface area contributed by atoms with Gasteiger partial charge in [0.25, 0.3) is 0 Å². The fourth-order valence-corrected chi connectivity index (χ4v) is 2.19. The van der Waals surface area contributed by atoms with Gasteiger partial charge in [-0.25, -0.2) is 22.7 Å². The second kappa shape index (κ2) is 6.10. The van der Waals surface area contributed by atoms with Gasteiger partial charge in [0.2, 0.25) is 10.0 Å². The van der Waals surface area contributed by atoms with Gasteiger partial charge in [-0.2, -0.15) is 0 Å². The fraction of sp³-hybridized carbons (Fsp3) is 0.636. The zero-order valence-electron chi connectivity index (χ0n) is 11.2. The molecule has 0 bridgehead atoms. The van der Waals surface area contributed by atoms with Gasteiger partial charge in [0.05, 0.1) is 12.4 Å². The first-order valence-corrected chi connectivity index (χ1v) is 7.27. The zero-order valence-corrected chi connectivity index (χ0v) is 12.0. The van der Waals surface area contributed by atoms with Gasteiger partial charge in [0.15, 0.2) is 0 Å². The molecule has 0 amide bonds. The van der Waals surface area contributed by atoms with Crippen LogP contribution in [-0.4, -0.2) is 49.1 Å². The van der Waals surface area contributed by atoms with E-state index in [1.807, 2.05) is 19.9 Å². The molecule has 1 aromatic heterocycles. The van der Waals surface area contributed by atoms with Gasteiger partial charge in [0.1, 0.15) is 0 Å². The Bertz CT molecular complexity index is 480. The molecule has 0 saturated heterocycles. The summed E-state index contributed by atoms with van der Waals surface area (Å²) in [5, 5.41) is 0. The summed E-state index contributed by atoms with van der Waals surface area (Å²) >= 11 is 0. The Kier molecular flexibility index (Phi) is 5.03. The van der Waals surface area contributed by atoms with E-state index in [9.17, 15) is 8.42 Å². The lowest BCUT2D eigenvalue weighted by Crippen LogP contribution is -2.26. The Morgan fingerprint density at radius 1 is 1.22 bits per heavy atom. The van der Waals surface area contributed by atoms with E-state index in [0.29, 0.717) is 12.4 Å². The Morgan fingerprint density at radius 3 is 2.28 bits per heavy atom. The normalized spacial score (nSPS) is 11.8. The summed E-state index contributed by atoms with van der Waals surface area (Å²) in [6.07, 6.45) is 0.414. The second-order valence-corrected chi connectivity index (χ2v) is 6.54. The van der Waals surface area contributed by atoms with Crippen LogP contribution in [0.5, 0.6) is 6.01 Å². The molecule has 0 N–H and O–H groups in total. The van der Waals surface area contributed by atoms with E-state index in [2.05, 4.69) is 9.97 Å². The maximum Gasteiger partial charge on any atom is 0.316 e. The summed E-state index contributed by atoms with van der Waals surface area (Å²) in [5.74, 6) is 0.0603. The quantitative estimate of drug-likeness (QED) is 0.715. The van der Waals surface area contributed by atoms with E-state index in [1.54, 1.807) is 0 Å². The minimum atomic E-state index is -3.16. The zero-order chi connectivity index (χ0) is 13.8. The van der Waals surface area contributed by atoms with Crippen LogP contribution in [0.15, 0.2) is 6.07 Å². The molecule has 0 fully saturated rings. The van der Waals surface area contributed by atoms with Crippen LogP contribution in [0.3, 0.4) is 0 Å². The molecule has 1 heterocycles. The summed E-state index contributed by atoms with van der Waals surface area (Å²) in [6, 6.07) is 2.15. The molecule has 0 aliphatic carbocycles. The summed E-state index contributed by atoms with van der Waals surface area (Å²) < 4.78 is 29.5. The average molecular weight is 273 g/mol. The average Bonchev–Trinajstić information content (AvgIpc) is 2.23. The number of hydrogen-bond acceptors (Lipinski definition) is 5. The van der Waals surface area contributed by atoms with Crippen LogP contribution >= 0.6 is 0 Å². The number of nitrogens with zero attached hydrogens (tertiary/aromatic N) is 3. The van der Waals surface area contributed by atoms with Crippen molar-refractivity contribution in [2.45, 2.75) is 20.3 Å². The van der Waals surface area contributed by atoms with Gasteiger partial charge in [-0.3, -0.25) is 0 Å². The molecule has 0 unspecified atom stereocenters. The Morgan fingerprint density at radius 2 is 1.78 bits per heavy atom. The molecular weight excluding hydrogens is 254 g/mol. The van der Waals surface area contributed by atoms with Crippen molar-refractivity contribution >= 4 is 10.0 Å². The number of sulfonamides is 1. The highest BCUT2D eigenvalue weighted by Gasteiger charge is 2.12. The standard InChI is InChI=1S/C11H19N3O3S/c1-9-8-10(2)13-11(12-9)17-6-5-7-18(15,16)14(3)4/h8H,5-7H2,1-4H3. The van der Waals surface area contributed by atoms with Crippen molar-refractivity contribution in [2.75, 3.05) is 26.5 Å². The molecule has 0 saturated carbocycles. The van der Waals surface area contributed by atoms with Crippen LogP contribution in [0.1, 0.15) is 17.8 Å². The van der Waals surface area contributed by atoms with E-state index in [-0.39, 0.29) is 12.4 Å². The lowest BCUT2D eigenvalue weighted by atomic mass is 10.4. The summed E-state index contributed by atoms with van der Waals surface area (Å²) in [7, 11) is -0.122. The summed E-state index contributed by atoms with van der Waals surface area (Å²) in [4.78, 5) is 8.22. The van der Waals surface area contributed by atoms with Crippen LogP contribution in [0.25, 0.3) is 0 Å². The molecule has 0 aliphatic heterocycles. The van der Waals surface area contributed by atoms with E-state index < -0.39 is 10.0 Å². The highest BCUT2D eigenvalue weighted by Crippen LogP contribution is 2.06. The first kappa shape index (κ1) is 14.8. The topological polar surface area (TPSA) is 72.4 Å². The second-order valence-electron chi connectivity index (χ2n) is 4.23. The molecule has 0 aromatic carbocycles. The highest BCUT2D eigenvalue weighted by atomic mass is 32.2. The van der Waals surface area contributed by atoms with Crippen molar-refractivity contribution < 1.29 is 13.2 Å². The lowest BCUT2D eigenvalue weighted by Gasteiger charge is -2.11. The van der Waals surface area contributed by atoms with Crippen LogP contribution in [-0.2, 0) is 10.0 Å².